The van der Waals surface area contributed by atoms with Crippen molar-refractivity contribution in [2.75, 3.05) is 20.4 Å². The number of nitrogens with two attached hydrogens (primary N) is 1. The van der Waals surface area contributed by atoms with Gasteiger partial charge >= 0.3 is 0 Å². The van der Waals surface area contributed by atoms with E-state index in [1.807, 2.05) is 0 Å². The molecule has 2 aliphatic rings. The summed E-state index contributed by atoms with van der Waals surface area (Å²) in [6, 6.07) is 63.5. The maximum absolute atomic E-state index is 7.95. The van der Waals surface area contributed by atoms with E-state index in [1.165, 1.54) is 60.2 Å². The first-order chi connectivity index (χ1) is 36.1. The van der Waals surface area contributed by atoms with Crippen molar-refractivity contribution in [1.82, 2.24) is 0 Å². The van der Waals surface area contributed by atoms with Crippen LogP contribution in [0.4, 0.5) is 56.9 Å². The van der Waals surface area contributed by atoms with Crippen molar-refractivity contribution in [2.24, 2.45) is 0 Å². The first-order valence-corrected chi connectivity index (χ1v) is 27.4. The van der Waals surface area contributed by atoms with Crippen LogP contribution < -0.4 is 20.4 Å². The number of nitrogen functional groups attached to an aromatic ring is 1. The number of nitrogens with zero attached hydrogens (tertiary/aromatic N) is 3. The fourth-order valence-corrected chi connectivity index (χ4v) is 11.8. The number of fused-ring (bicyclic) bond motifs is 4. The minimum absolute atomic E-state index is 0.0226. The highest BCUT2D eigenvalue weighted by atomic mass is 32.1. The van der Waals surface area contributed by atoms with Crippen molar-refractivity contribution in [1.29, 1.82) is 0 Å². The summed E-state index contributed by atoms with van der Waals surface area (Å²) in [6.45, 7) is 20.4. The number of aryl methyl sites for hydroxylation is 1. The van der Waals surface area contributed by atoms with Crippen LogP contribution in [0.1, 0.15) is 107 Å². The lowest BCUT2D eigenvalue weighted by Gasteiger charge is -2.34. The van der Waals surface area contributed by atoms with E-state index in [9.17, 15) is 0 Å². The zero-order chi connectivity index (χ0) is 52.2. The van der Waals surface area contributed by atoms with Gasteiger partial charge < -0.3 is 20.4 Å². The van der Waals surface area contributed by atoms with Crippen LogP contribution in [-0.2, 0) is 17.3 Å². The number of allylic oxidation sites excluding steroid dienone is 6. The minimum atomic E-state index is 0.0226. The Kier molecular flexibility index (Phi) is 13.0. The van der Waals surface area contributed by atoms with E-state index in [2.05, 4.69) is 283 Å². The summed E-state index contributed by atoms with van der Waals surface area (Å²) < 4.78 is 1.23. The second kappa shape index (κ2) is 19.8. The largest absolute Gasteiger partial charge is 0.395 e. The zero-order valence-corrected chi connectivity index (χ0v) is 45.8. The summed E-state index contributed by atoms with van der Waals surface area (Å²) in [4.78, 5) is 7.24. The molecule has 11 rings (SSSR count). The topological polar surface area (TPSA) is 35.7 Å². The van der Waals surface area contributed by atoms with Gasteiger partial charge in [-0.1, -0.05) is 171 Å². The average molecular weight is 997 g/mol. The van der Waals surface area contributed by atoms with Crippen molar-refractivity contribution in [2.45, 2.75) is 91.9 Å². The van der Waals surface area contributed by atoms with E-state index >= 15 is 0 Å². The molecule has 0 bridgehead atoms. The van der Waals surface area contributed by atoms with Gasteiger partial charge in [0.05, 0.1) is 28.4 Å². The van der Waals surface area contributed by atoms with Crippen LogP contribution in [0.2, 0.25) is 0 Å². The number of benzene rings is 8. The van der Waals surface area contributed by atoms with Gasteiger partial charge in [0, 0.05) is 50.3 Å². The third-order valence-corrected chi connectivity index (χ3v) is 16.1. The van der Waals surface area contributed by atoms with Crippen molar-refractivity contribution >= 4 is 83.9 Å². The molecular weight excluding hydrogens is 929 g/mol. The predicted octanol–water partition coefficient (Wildman–Crippen LogP) is 20.4. The molecule has 2 N–H and O–H groups in total. The third-order valence-electron chi connectivity index (χ3n) is 15.1. The quantitative estimate of drug-likeness (QED) is 0.131. The van der Waals surface area contributed by atoms with Gasteiger partial charge in [-0.25, -0.2) is 0 Å². The normalized spacial score (nSPS) is 13.2. The van der Waals surface area contributed by atoms with Gasteiger partial charge in [0.15, 0.2) is 0 Å². The Balaban J connectivity index is 1.13. The Labute approximate surface area is 449 Å². The number of anilines is 10. The Morgan fingerprint density at radius 2 is 1.11 bits per heavy atom. The second-order valence-electron chi connectivity index (χ2n) is 22.8. The summed E-state index contributed by atoms with van der Waals surface area (Å²) in [6.07, 6.45) is 12.6. The molecule has 0 aliphatic heterocycles. The minimum Gasteiger partial charge on any atom is -0.395 e. The highest BCUT2D eigenvalue weighted by Gasteiger charge is 2.30. The van der Waals surface area contributed by atoms with Gasteiger partial charge in [-0.05, 0) is 171 Å². The molecule has 0 radical (unpaired) electrons. The van der Waals surface area contributed by atoms with Gasteiger partial charge in [-0.3, -0.25) is 0 Å². The molecule has 8 aromatic carbocycles. The molecule has 0 amide bonds. The predicted molar refractivity (Wildman–Crippen MR) is 326 cm³/mol. The molecule has 5 heteroatoms. The molecule has 1 heterocycles. The van der Waals surface area contributed by atoms with Crippen LogP contribution in [0, 0.1) is 6.92 Å². The molecule has 2 aliphatic carbocycles. The highest BCUT2D eigenvalue weighted by molar-refractivity contribution is 7.17. The Hall–Kier alpha value is -7.86. The first-order valence-electron chi connectivity index (χ1n) is 26.6. The van der Waals surface area contributed by atoms with Crippen LogP contribution in [0.15, 0.2) is 206 Å². The van der Waals surface area contributed by atoms with Crippen LogP contribution in [0.5, 0.6) is 0 Å². The zero-order valence-electron chi connectivity index (χ0n) is 44.9. The molecule has 0 unspecified atom stereocenters. The smallest absolute Gasteiger partial charge is 0.0804 e. The van der Waals surface area contributed by atoms with Gasteiger partial charge in [0.1, 0.15) is 0 Å². The Bertz CT molecular complexity index is 3610. The number of hydrogen-bond donors (Lipinski definition) is 1. The fourth-order valence-electron chi connectivity index (χ4n) is 10.9. The number of thiophene rings is 1. The van der Waals surface area contributed by atoms with Crippen LogP contribution in [0.3, 0.4) is 0 Å². The molecule has 9 aromatic rings. The van der Waals surface area contributed by atoms with Gasteiger partial charge in [0.2, 0.25) is 0 Å². The summed E-state index contributed by atoms with van der Waals surface area (Å²) in [5.74, 6) is 0.397. The summed E-state index contributed by atoms with van der Waals surface area (Å²) in [5.41, 5.74) is 30.8. The van der Waals surface area contributed by atoms with Crippen molar-refractivity contribution in [3.63, 3.8) is 0 Å². The summed E-state index contributed by atoms with van der Waals surface area (Å²) in [5, 5.41) is 3.51. The standard InChI is InChI=1S/C70H68N4S/c1-46(2)48-26-33-56(34-27-48)73(66-45-75-67-39-28-50(42-62(66)67)49-18-12-10-11-13-19-49)64-40-47(3)41-65(68(64)71)74(63-25-17-24-60-59-23-15-14-20-51(59)43-61(60)63)58-22-16-21-57(44-58)72(54-35-29-52(30-36-54)69(4,5)6)55-37-31-53(32-38-55)70(7,8)9/h10-18,20-42,44-46H,19,43,71H2,1-9H3. The first kappa shape index (κ1) is 49.4. The van der Waals surface area contributed by atoms with Gasteiger partial charge in [-0.2, -0.15) is 0 Å². The molecule has 0 fully saturated rings. The molecule has 0 spiro atoms. The fraction of sp³-hybridized carbons (Fsp3) is 0.200. The third kappa shape index (κ3) is 9.62. The maximum Gasteiger partial charge on any atom is 0.0804 e. The molecule has 75 heavy (non-hydrogen) atoms. The average Bonchev–Trinajstić information content (AvgIpc) is 3.89. The van der Waals surface area contributed by atoms with Gasteiger partial charge in [-0.15, -0.1) is 11.3 Å². The number of rotatable bonds is 11. The van der Waals surface area contributed by atoms with E-state index in [0.717, 1.165) is 69.6 Å². The van der Waals surface area contributed by atoms with Crippen LogP contribution >= 0.6 is 11.3 Å². The maximum atomic E-state index is 7.95. The van der Waals surface area contributed by atoms with Crippen LogP contribution in [0.25, 0.3) is 26.8 Å². The monoisotopic (exact) mass is 997 g/mol. The summed E-state index contributed by atoms with van der Waals surface area (Å²) >= 11 is 1.78. The summed E-state index contributed by atoms with van der Waals surface area (Å²) in [7, 11) is 0. The van der Waals surface area contributed by atoms with E-state index in [0.29, 0.717) is 11.6 Å². The Morgan fingerprint density at radius 3 is 1.76 bits per heavy atom. The molecule has 374 valence electrons. The SMILES string of the molecule is Cc1cc(N(c2cccc(N(c3ccc(C(C)(C)C)cc3)c3ccc(C(C)(C)C)cc3)c2)c2cccc3c2Cc2ccccc2-3)c(N)c(N(c2ccc(C(C)C)cc2)c2csc3ccc(C4=CC=CC=CC4)cc23)c1. The molecule has 0 saturated carbocycles. The molecule has 1 aromatic heterocycles. The lowest BCUT2D eigenvalue weighted by Crippen LogP contribution is -2.18. The van der Waals surface area contributed by atoms with Crippen molar-refractivity contribution < 1.29 is 0 Å². The lowest BCUT2D eigenvalue weighted by molar-refractivity contribution is 0.590. The number of hydrogen-bond acceptors (Lipinski definition) is 5. The van der Waals surface area contributed by atoms with E-state index in [1.54, 1.807) is 11.3 Å². The Morgan fingerprint density at radius 1 is 0.520 bits per heavy atom. The van der Waals surface area contributed by atoms with Gasteiger partial charge in [0.25, 0.3) is 0 Å². The second-order valence-corrected chi connectivity index (χ2v) is 23.7. The van der Waals surface area contributed by atoms with Crippen molar-refractivity contribution in [3.05, 3.63) is 245 Å². The molecule has 0 saturated heterocycles. The molecular formula is C70H68N4S. The lowest BCUT2D eigenvalue weighted by atomic mass is 9.86. The van der Waals surface area contributed by atoms with E-state index in [-0.39, 0.29) is 10.8 Å². The van der Waals surface area contributed by atoms with E-state index in [4.69, 9.17) is 5.73 Å². The molecule has 0 atom stereocenters. The van der Waals surface area contributed by atoms with Crippen LogP contribution in [-0.4, -0.2) is 0 Å². The molecule has 4 nitrogen and oxygen atoms in total. The van der Waals surface area contributed by atoms with E-state index < -0.39 is 0 Å². The highest BCUT2D eigenvalue weighted by Crippen LogP contribution is 2.53. The van der Waals surface area contributed by atoms with Crippen molar-refractivity contribution in [3.8, 4) is 11.1 Å².